The maximum atomic E-state index is 5.61. The van der Waals surface area contributed by atoms with Gasteiger partial charge >= 0.3 is 0 Å². The first-order valence-corrected chi connectivity index (χ1v) is 7.32. The van der Waals surface area contributed by atoms with Crippen LogP contribution in [0.25, 0.3) is 0 Å². The molecule has 0 amide bonds. The summed E-state index contributed by atoms with van der Waals surface area (Å²) < 4.78 is 11.0. The smallest absolute Gasteiger partial charge is 0.189 e. The number of rotatable bonds is 9. The molecule has 0 aromatic heterocycles. The fraction of sp³-hybridized carbons (Fsp3) is 0.625. The number of hydrogen-bond donors (Lipinski definition) is 1. The van der Waals surface area contributed by atoms with Crippen molar-refractivity contribution in [2.75, 3.05) is 25.7 Å². The highest BCUT2D eigenvalue weighted by atomic mass is 16.7. The van der Waals surface area contributed by atoms with Gasteiger partial charge in [-0.3, -0.25) is 4.90 Å². The predicted molar refractivity (Wildman–Crippen MR) is 83.9 cm³/mol. The van der Waals surface area contributed by atoms with E-state index in [0.29, 0.717) is 18.7 Å². The third-order valence-electron chi connectivity index (χ3n) is 3.22. The molecule has 0 unspecified atom stereocenters. The van der Waals surface area contributed by atoms with E-state index in [1.165, 1.54) is 0 Å². The lowest BCUT2D eigenvalue weighted by Gasteiger charge is -2.30. The van der Waals surface area contributed by atoms with Gasteiger partial charge < -0.3 is 15.2 Å². The van der Waals surface area contributed by atoms with Gasteiger partial charge in [0.2, 0.25) is 0 Å². The van der Waals surface area contributed by atoms with Crippen LogP contribution in [-0.4, -0.2) is 36.9 Å². The minimum absolute atomic E-state index is 0.285. The highest BCUT2D eigenvalue weighted by Gasteiger charge is 2.12. The summed E-state index contributed by atoms with van der Waals surface area (Å²) in [4.78, 5) is 2.46. The summed E-state index contributed by atoms with van der Waals surface area (Å²) in [5, 5.41) is 0. The van der Waals surface area contributed by atoms with Crippen LogP contribution in [-0.2, 0) is 4.74 Å². The second kappa shape index (κ2) is 8.82. The molecule has 0 bridgehead atoms. The molecule has 114 valence electrons. The molecule has 0 aliphatic heterocycles. The number of nitrogens with zero attached hydrogens (tertiary/aromatic N) is 1. The Morgan fingerprint density at radius 2 is 1.65 bits per heavy atom. The fourth-order valence-corrected chi connectivity index (χ4v) is 2.19. The molecule has 0 heterocycles. The van der Waals surface area contributed by atoms with Crippen LogP contribution in [0.4, 0.5) is 5.69 Å². The maximum Gasteiger partial charge on any atom is 0.189 e. The van der Waals surface area contributed by atoms with Crippen LogP contribution in [0.1, 0.15) is 34.1 Å². The van der Waals surface area contributed by atoms with Gasteiger partial charge in [-0.15, -0.1) is 0 Å². The van der Waals surface area contributed by atoms with Gasteiger partial charge in [-0.05, 0) is 58.4 Å². The molecule has 0 radical (unpaired) electrons. The normalized spacial score (nSPS) is 11.6. The van der Waals surface area contributed by atoms with E-state index in [0.717, 1.165) is 24.4 Å². The summed E-state index contributed by atoms with van der Waals surface area (Å²) in [7, 11) is 0. The molecule has 0 fully saturated rings. The minimum Gasteiger partial charge on any atom is -0.468 e. The highest BCUT2D eigenvalue weighted by Crippen LogP contribution is 2.13. The summed E-state index contributed by atoms with van der Waals surface area (Å²) in [6.07, 6.45) is 1.02. The number of nitrogen functional groups attached to an aromatic ring is 1. The van der Waals surface area contributed by atoms with Crippen LogP contribution in [0, 0.1) is 0 Å². The first-order chi connectivity index (χ1) is 9.50. The second-order valence-corrected chi connectivity index (χ2v) is 5.52. The standard InChI is InChI=1S/C16H28N2O2/c1-13(2)18(14(3)4)10-5-11-19-12-20-16-8-6-15(17)7-9-16/h6-9,13-14H,5,10-12,17H2,1-4H3. The lowest BCUT2D eigenvalue weighted by Crippen LogP contribution is -2.38. The topological polar surface area (TPSA) is 47.7 Å². The van der Waals surface area contributed by atoms with E-state index >= 15 is 0 Å². The van der Waals surface area contributed by atoms with Crippen molar-refractivity contribution >= 4 is 5.69 Å². The Bertz CT molecular complexity index is 355. The zero-order valence-corrected chi connectivity index (χ0v) is 13.1. The Morgan fingerprint density at radius 3 is 2.20 bits per heavy atom. The zero-order valence-electron chi connectivity index (χ0n) is 13.1. The van der Waals surface area contributed by atoms with E-state index in [9.17, 15) is 0 Å². The molecule has 0 spiro atoms. The number of nitrogens with two attached hydrogens (primary N) is 1. The van der Waals surface area contributed by atoms with Crippen LogP contribution in [0.2, 0.25) is 0 Å². The van der Waals surface area contributed by atoms with E-state index in [-0.39, 0.29) is 6.79 Å². The van der Waals surface area contributed by atoms with Gasteiger partial charge in [0.05, 0.1) is 6.61 Å². The average molecular weight is 280 g/mol. The summed E-state index contributed by atoms with van der Waals surface area (Å²) >= 11 is 0. The van der Waals surface area contributed by atoms with Crippen LogP contribution >= 0.6 is 0 Å². The molecule has 2 N–H and O–H groups in total. The van der Waals surface area contributed by atoms with E-state index in [1.807, 2.05) is 24.3 Å². The summed E-state index contributed by atoms with van der Waals surface area (Å²) in [6, 6.07) is 8.47. The van der Waals surface area contributed by atoms with E-state index in [4.69, 9.17) is 15.2 Å². The van der Waals surface area contributed by atoms with Crippen molar-refractivity contribution in [3.8, 4) is 5.75 Å². The summed E-state index contributed by atoms with van der Waals surface area (Å²) in [5.74, 6) is 0.783. The van der Waals surface area contributed by atoms with Crippen molar-refractivity contribution in [3.05, 3.63) is 24.3 Å². The summed E-state index contributed by atoms with van der Waals surface area (Å²) in [5.41, 5.74) is 6.34. The second-order valence-electron chi connectivity index (χ2n) is 5.52. The number of anilines is 1. The molecule has 0 atom stereocenters. The van der Waals surface area contributed by atoms with Gasteiger partial charge in [0, 0.05) is 24.3 Å². The Balaban J connectivity index is 2.11. The van der Waals surface area contributed by atoms with Crippen molar-refractivity contribution in [1.82, 2.24) is 4.90 Å². The Morgan fingerprint density at radius 1 is 1.05 bits per heavy atom. The molecule has 1 aromatic carbocycles. The van der Waals surface area contributed by atoms with E-state index in [2.05, 4.69) is 32.6 Å². The summed E-state index contributed by atoms with van der Waals surface area (Å²) in [6.45, 7) is 11.0. The van der Waals surface area contributed by atoms with Gasteiger partial charge in [-0.25, -0.2) is 0 Å². The Labute approximate surface area is 122 Å². The first-order valence-electron chi connectivity index (χ1n) is 7.32. The third-order valence-corrected chi connectivity index (χ3v) is 3.22. The van der Waals surface area contributed by atoms with Crippen molar-refractivity contribution in [2.45, 2.75) is 46.2 Å². The fourth-order valence-electron chi connectivity index (χ4n) is 2.19. The third kappa shape index (κ3) is 6.26. The van der Waals surface area contributed by atoms with Crippen molar-refractivity contribution in [3.63, 3.8) is 0 Å². The SMILES string of the molecule is CC(C)N(CCCOCOc1ccc(N)cc1)C(C)C. The van der Waals surface area contributed by atoms with Crippen molar-refractivity contribution in [1.29, 1.82) is 0 Å². The quantitative estimate of drug-likeness (QED) is 0.429. The molecular formula is C16H28N2O2. The van der Waals surface area contributed by atoms with Gasteiger partial charge in [-0.2, -0.15) is 0 Å². The molecular weight excluding hydrogens is 252 g/mol. The number of ether oxygens (including phenoxy) is 2. The molecule has 4 heteroatoms. The first kappa shape index (κ1) is 16.8. The zero-order chi connectivity index (χ0) is 15.0. The van der Waals surface area contributed by atoms with Crippen LogP contribution in [0.3, 0.4) is 0 Å². The molecule has 4 nitrogen and oxygen atoms in total. The molecule has 0 saturated heterocycles. The van der Waals surface area contributed by atoms with E-state index in [1.54, 1.807) is 0 Å². The highest BCUT2D eigenvalue weighted by molar-refractivity contribution is 5.41. The largest absolute Gasteiger partial charge is 0.468 e. The molecule has 0 aliphatic carbocycles. The van der Waals surface area contributed by atoms with Gasteiger partial charge in [0.1, 0.15) is 5.75 Å². The number of hydrogen-bond acceptors (Lipinski definition) is 4. The predicted octanol–water partition coefficient (Wildman–Crippen LogP) is 3.13. The molecule has 1 rings (SSSR count). The lowest BCUT2D eigenvalue weighted by molar-refractivity contribution is 0.00915. The van der Waals surface area contributed by atoms with Gasteiger partial charge in [0.25, 0.3) is 0 Å². The number of benzene rings is 1. The monoisotopic (exact) mass is 280 g/mol. The van der Waals surface area contributed by atoms with Gasteiger partial charge in [-0.1, -0.05) is 0 Å². The average Bonchev–Trinajstić information content (AvgIpc) is 2.39. The van der Waals surface area contributed by atoms with Crippen LogP contribution < -0.4 is 10.5 Å². The Hall–Kier alpha value is -1.26. The maximum absolute atomic E-state index is 5.61. The lowest BCUT2D eigenvalue weighted by atomic mass is 10.2. The van der Waals surface area contributed by atoms with Crippen molar-refractivity contribution in [2.24, 2.45) is 0 Å². The van der Waals surface area contributed by atoms with Crippen LogP contribution in [0.5, 0.6) is 5.75 Å². The molecule has 20 heavy (non-hydrogen) atoms. The molecule has 1 aromatic rings. The van der Waals surface area contributed by atoms with Crippen LogP contribution in [0.15, 0.2) is 24.3 Å². The van der Waals surface area contributed by atoms with Crippen molar-refractivity contribution < 1.29 is 9.47 Å². The van der Waals surface area contributed by atoms with Gasteiger partial charge in [0.15, 0.2) is 6.79 Å². The van der Waals surface area contributed by atoms with E-state index < -0.39 is 0 Å². The molecule has 0 aliphatic rings. The minimum atomic E-state index is 0.285. The molecule has 0 saturated carbocycles. The Kier molecular flexibility index (Phi) is 7.41.